The van der Waals surface area contributed by atoms with Gasteiger partial charge in [-0.1, -0.05) is 11.6 Å². The number of non-ortho nitro benzene ring substituents is 1. The molecule has 27 heavy (non-hydrogen) atoms. The molecule has 9 heteroatoms. The van der Waals surface area contributed by atoms with E-state index in [2.05, 4.69) is 0 Å². The highest BCUT2D eigenvalue weighted by Gasteiger charge is 2.30. The fourth-order valence-electron chi connectivity index (χ4n) is 3.12. The summed E-state index contributed by atoms with van der Waals surface area (Å²) < 4.78 is 26.7. The third kappa shape index (κ3) is 3.85. The van der Waals surface area contributed by atoms with E-state index < -0.39 is 22.5 Å². The van der Waals surface area contributed by atoms with Crippen LogP contribution in [0.5, 0.6) is 0 Å². The Bertz CT molecular complexity index is 892. The summed E-state index contributed by atoms with van der Waals surface area (Å²) in [6.45, 7) is 3.18. The number of carbonyl (C=O) groups excluding carboxylic acids is 1. The van der Waals surface area contributed by atoms with Crippen molar-refractivity contribution in [1.82, 2.24) is 4.90 Å². The first kappa shape index (κ1) is 19.0. The average Bonchev–Trinajstić information content (AvgIpc) is 2.64. The van der Waals surface area contributed by atoms with Crippen molar-refractivity contribution < 1.29 is 18.5 Å². The first-order valence-corrected chi connectivity index (χ1v) is 8.60. The van der Waals surface area contributed by atoms with Crippen molar-refractivity contribution in [3.63, 3.8) is 0 Å². The van der Waals surface area contributed by atoms with Crippen molar-refractivity contribution >= 4 is 28.9 Å². The molecule has 0 N–H and O–H groups in total. The molecule has 2 aromatic carbocycles. The zero-order chi connectivity index (χ0) is 19.7. The third-order valence-electron chi connectivity index (χ3n) is 4.55. The van der Waals surface area contributed by atoms with Gasteiger partial charge in [0.15, 0.2) is 11.6 Å². The molecule has 0 aromatic heterocycles. The van der Waals surface area contributed by atoms with Crippen molar-refractivity contribution in [3.05, 3.63) is 68.7 Å². The Balaban J connectivity index is 1.74. The molecular weight excluding hydrogens is 380 g/mol. The second-order valence-corrected chi connectivity index (χ2v) is 6.72. The number of nitro benzene ring substituents is 1. The van der Waals surface area contributed by atoms with E-state index in [0.717, 1.165) is 17.8 Å². The minimum atomic E-state index is -1.13. The highest BCUT2D eigenvalue weighted by molar-refractivity contribution is 6.33. The summed E-state index contributed by atoms with van der Waals surface area (Å²) in [4.78, 5) is 26.6. The summed E-state index contributed by atoms with van der Waals surface area (Å²) in [7, 11) is 0. The van der Waals surface area contributed by atoms with Crippen LogP contribution in [0.1, 0.15) is 17.3 Å². The molecule has 6 nitrogen and oxygen atoms in total. The second-order valence-electron chi connectivity index (χ2n) is 6.31. The number of carbonyl (C=O) groups is 1. The Morgan fingerprint density at radius 2 is 1.81 bits per heavy atom. The zero-order valence-corrected chi connectivity index (χ0v) is 15.1. The van der Waals surface area contributed by atoms with Crippen molar-refractivity contribution in [3.8, 4) is 0 Å². The quantitative estimate of drug-likeness (QED) is 0.449. The fraction of sp³-hybridized carbons (Fsp3) is 0.278. The molecular formula is C18H16ClF2N3O3. The minimum Gasteiger partial charge on any atom is -0.368 e. The molecule has 1 aliphatic rings. The van der Waals surface area contributed by atoms with Crippen molar-refractivity contribution in [2.45, 2.75) is 13.0 Å². The molecule has 0 unspecified atom stereocenters. The lowest BCUT2D eigenvalue weighted by Crippen LogP contribution is -2.54. The molecule has 1 amide bonds. The summed E-state index contributed by atoms with van der Waals surface area (Å²) in [6.07, 6.45) is 0. The minimum absolute atomic E-state index is 0.00795. The van der Waals surface area contributed by atoms with Crippen LogP contribution < -0.4 is 4.90 Å². The number of amides is 1. The van der Waals surface area contributed by atoms with E-state index in [4.69, 9.17) is 11.6 Å². The number of halogens is 3. The van der Waals surface area contributed by atoms with E-state index in [0.29, 0.717) is 19.6 Å². The summed E-state index contributed by atoms with van der Waals surface area (Å²) in [5.41, 5.74) is 0.741. The van der Waals surface area contributed by atoms with Crippen LogP contribution in [-0.4, -0.2) is 41.4 Å². The number of nitro groups is 1. The van der Waals surface area contributed by atoms with Crippen LogP contribution in [-0.2, 0) is 0 Å². The predicted molar refractivity (Wildman–Crippen MR) is 97.2 cm³/mol. The van der Waals surface area contributed by atoms with Crippen LogP contribution in [0.4, 0.5) is 20.2 Å². The number of hydrogen-bond acceptors (Lipinski definition) is 4. The van der Waals surface area contributed by atoms with Gasteiger partial charge >= 0.3 is 0 Å². The molecule has 1 aliphatic heterocycles. The van der Waals surface area contributed by atoms with Gasteiger partial charge in [0.05, 0.1) is 15.5 Å². The Kier molecular flexibility index (Phi) is 5.27. The Labute approximate surface area is 159 Å². The normalized spacial score (nSPS) is 17.1. The van der Waals surface area contributed by atoms with Crippen LogP contribution in [0.3, 0.4) is 0 Å². The largest absolute Gasteiger partial charge is 0.368 e. The summed E-state index contributed by atoms with van der Waals surface area (Å²) in [6, 6.07) is 7.57. The van der Waals surface area contributed by atoms with E-state index in [1.165, 1.54) is 12.1 Å². The maximum atomic E-state index is 13.5. The van der Waals surface area contributed by atoms with Crippen molar-refractivity contribution in [1.29, 1.82) is 0 Å². The van der Waals surface area contributed by atoms with E-state index in [1.54, 1.807) is 17.0 Å². The Hall–Kier alpha value is -2.74. The predicted octanol–water partition coefficient (Wildman–Crippen LogP) is 3.88. The van der Waals surface area contributed by atoms with E-state index in [1.807, 2.05) is 11.8 Å². The van der Waals surface area contributed by atoms with Gasteiger partial charge in [0.2, 0.25) is 0 Å². The van der Waals surface area contributed by atoms with Gasteiger partial charge in [-0.05, 0) is 31.2 Å². The smallest absolute Gasteiger partial charge is 0.269 e. The van der Waals surface area contributed by atoms with Gasteiger partial charge in [0.1, 0.15) is 0 Å². The molecule has 1 heterocycles. The van der Waals surface area contributed by atoms with Gasteiger partial charge in [0.25, 0.3) is 11.6 Å². The maximum absolute atomic E-state index is 13.5. The van der Waals surface area contributed by atoms with Gasteiger partial charge < -0.3 is 9.80 Å². The summed E-state index contributed by atoms with van der Waals surface area (Å²) >= 11 is 5.91. The molecule has 0 bridgehead atoms. The van der Waals surface area contributed by atoms with Crippen molar-refractivity contribution in [2.24, 2.45) is 0 Å². The van der Waals surface area contributed by atoms with E-state index in [9.17, 15) is 23.7 Å². The number of anilines is 1. The summed E-state index contributed by atoms with van der Waals surface area (Å²) in [5, 5.41) is 10.6. The monoisotopic (exact) mass is 395 g/mol. The maximum Gasteiger partial charge on any atom is 0.269 e. The lowest BCUT2D eigenvalue weighted by Gasteiger charge is -2.41. The molecule has 1 atom stereocenters. The first-order valence-electron chi connectivity index (χ1n) is 8.23. The van der Waals surface area contributed by atoms with Gasteiger partial charge in [-0.2, -0.15) is 0 Å². The molecule has 1 saturated heterocycles. The highest BCUT2D eigenvalue weighted by Crippen LogP contribution is 2.26. The molecule has 1 fully saturated rings. The number of piperazine rings is 1. The van der Waals surface area contributed by atoms with E-state index in [-0.39, 0.29) is 22.3 Å². The number of hydrogen-bond donors (Lipinski definition) is 0. The van der Waals surface area contributed by atoms with Crippen LogP contribution in [0.15, 0.2) is 36.4 Å². The molecule has 3 rings (SSSR count). The molecule has 0 radical (unpaired) electrons. The van der Waals surface area contributed by atoms with Gasteiger partial charge in [0, 0.05) is 43.5 Å². The first-order chi connectivity index (χ1) is 12.8. The van der Waals surface area contributed by atoms with Crippen LogP contribution in [0, 0.1) is 21.7 Å². The van der Waals surface area contributed by atoms with E-state index >= 15 is 0 Å². The van der Waals surface area contributed by atoms with Crippen LogP contribution in [0.2, 0.25) is 5.02 Å². The lowest BCUT2D eigenvalue weighted by molar-refractivity contribution is -0.384. The molecule has 0 spiro atoms. The van der Waals surface area contributed by atoms with Gasteiger partial charge in [-0.15, -0.1) is 0 Å². The fourth-order valence-corrected chi connectivity index (χ4v) is 3.35. The zero-order valence-electron chi connectivity index (χ0n) is 14.4. The molecule has 142 valence electrons. The SMILES string of the molecule is C[C@@H]1CN(c2ccc([N+](=O)[O-])cc2)CCN1C(=O)c1cc(F)c(F)cc1Cl. The Morgan fingerprint density at radius 3 is 2.41 bits per heavy atom. The second kappa shape index (κ2) is 7.48. The van der Waals surface area contributed by atoms with Gasteiger partial charge in [-0.25, -0.2) is 8.78 Å². The molecule has 0 saturated carbocycles. The average molecular weight is 396 g/mol. The molecule has 0 aliphatic carbocycles. The van der Waals surface area contributed by atoms with Crippen LogP contribution >= 0.6 is 11.6 Å². The number of nitrogens with zero attached hydrogens (tertiary/aromatic N) is 3. The van der Waals surface area contributed by atoms with Crippen molar-refractivity contribution in [2.75, 3.05) is 24.5 Å². The highest BCUT2D eigenvalue weighted by atomic mass is 35.5. The standard InChI is InChI=1S/C18H16ClF2N3O3/c1-11-10-22(12-2-4-13(5-3-12)24(26)27)6-7-23(11)18(25)14-8-16(20)17(21)9-15(14)19/h2-5,8-9,11H,6-7,10H2,1H3/t11-/m1/s1. The number of benzene rings is 2. The summed E-state index contributed by atoms with van der Waals surface area (Å²) in [5.74, 6) is -2.69. The third-order valence-corrected chi connectivity index (χ3v) is 4.87. The Morgan fingerprint density at radius 1 is 1.19 bits per heavy atom. The molecule has 2 aromatic rings. The topological polar surface area (TPSA) is 66.7 Å². The lowest BCUT2D eigenvalue weighted by atomic mass is 10.1. The van der Waals surface area contributed by atoms with Gasteiger partial charge in [-0.3, -0.25) is 14.9 Å². The number of rotatable bonds is 3. The van der Waals surface area contributed by atoms with Crippen LogP contribution in [0.25, 0.3) is 0 Å².